The minimum absolute atomic E-state index is 0. The lowest BCUT2D eigenvalue weighted by Crippen LogP contribution is -2.29. The summed E-state index contributed by atoms with van der Waals surface area (Å²) in [6, 6.07) is 25.8. The zero-order valence-corrected chi connectivity index (χ0v) is 26.1. The molecule has 2 atom stereocenters. The van der Waals surface area contributed by atoms with Crippen molar-refractivity contribution < 1.29 is 0 Å². The van der Waals surface area contributed by atoms with Gasteiger partial charge >= 0.3 is 0 Å². The number of fused-ring (bicyclic) bond motifs is 3. The van der Waals surface area contributed by atoms with Gasteiger partial charge in [-0.3, -0.25) is 0 Å². The molecule has 3 aromatic carbocycles. The second-order valence-electron chi connectivity index (χ2n) is 10.6. The number of hydrogen-bond donors (Lipinski definition) is 0. The van der Waals surface area contributed by atoms with Crippen molar-refractivity contribution in [2.75, 3.05) is 0 Å². The summed E-state index contributed by atoms with van der Waals surface area (Å²) in [7, 11) is 0. The van der Waals surface area contributed by atoms with Crippen molar-refractivity contribution in [3.8, 4) is 11.1 Å². The van der Waals surface area contributed by atoms with E-state index in [-0.39, 0.29) is 12.8 Å². The molecule has 0 aromatic heterocycles. The molecule has 0 saturated carbocycles. The Morgan fingerprint density at radius 3 is 2.12 bits per heavy atom. The van der Waals surface area contributed by atoms with Crippen LogP contribution < -0.4 is 0 Å². The minimum atomic E-state index is -0.105. The van der Waals surface area contributed by atoms with Crippen LogP contribution >= 0.6 is 0 Å². The van der Waals surface area contributed by atoms with Gasteiger partial charge in [0.2, 0.25) is 0 Å². The van der Waals surface area contributed by atoms with Gasteiger partial charge in [-0.1, -0.05) is 147 Å². The second kappa shape index (κ2) is 16.8. The van der Waals surface area contributed by atoms with Crippen LogP contribution in [0, 0.1) is 0 Å². The quantitative estimate of drug-likeness (QED) is 0.234. The van der Waals surface area contributed by atoms with E-state index in [4.69, 9.17) is 0 Å². The average molecular weight is 547 g/mol. The van der Waals surface area contributed by atoms with Gasteiger partial charge in [0, 0.05) is 5.41 Å². The van der Waals surface area contributed by atoms with Crippen LogP contribution in [0.25, 0.3) is 11.1 Å². The van der Waals surface area contributed by atoms with E-state index in [9.17, 15) is 0 Å². The predicted molar refractivity (Wildman–Crippen MR) is 184 cm³/mol. The van der Waals surface area contributed by atoms with Gasteiger partial charge in [-0.2, -0.15) is 0 Å². The van der Waals surface area contributed by atoms with E-state index in [1.165, 1.54) is 57.4 Å². The topological polar surface area (TPSA) is 0 Å². The fourth-order valence-corrected chi connectivity index (χ4v) is 5.99. The number of benzene rings is 3. The number of hydrogen-bond acceptors (Lipinski definition) is 0. The van der Waals surface area contributed by atoms with Gasteiger partial charge in [0.05, 0.1) is 0 Å². The molecule has 0 N–H and O–H groups in total. The summed E-state index contributed by atoms with van der Waals surface area (Å²) in [5.74, 6) is 0.553. The Kier molecular flexibility index (Phi) is 13.9. The highest BCUT2D eigenvalue weighted by Gasteiger charge is 2.44. The van der Waals surface area contributed by atoms with E-state index in [2.05, 4.69) is 118 Å². The molecule has 0 heteroatoms. The lowest BCUT2D eigenvalue weighted by atomic mass is 9.68. The van der Waals surface area contributed by atoms with Crippen LogP contribution in [0.2, 0.25) is 0 Å². The van der Waals surface area contributed by atoms with Crippen molar-refractivity contribution in [1.82, 2.24) is 0 Å². The first-order valence-corrected chi connectivity index (χ1v) is 15.7. The largest absolute Gasteiger partial charge is 0.121 e. The lowest BCUT2D eigenvalue weighted by Gasteiger charge is -2.34. The third-order valence-corrected chi connectivity index (χ3v) is 8.20. The fourth-order valence-electron chi connectivity index (χ4n) is 5.99. The maximum absolute atomic E-state index is 3.25. The third-order valence-electron chi connectivity index (χ3n) is 8.20. The smallest absolute Gasteiger partial charge is 0.0295 e. The zero-order chi connectivity index (χ0) is 29.0. The van der Waals surface area contributed by atoms with E-state index in [0.717, 1.165) is 25.7 Å². The molecule has 0 aliphatic heterocycles. The molecule has 41 heavy (non-hydrogen) atoms. The Morgan fingerprint density at radius 2 is 1.44 bits per heavy atom. The summed E-state index contributed by atoms with van der Waals surface area (Å²) in [5, 5.41) is 0. The van der Waals surface area contributed by atoms with Gasteiger partial charge in [0.1, 0.15) is 0 Å². The molecule has 0 nitrogen and oxygen atoms in total. The van der Waals surface area contributed by atoms with Gasteiger partial charge in [0.25, 0.3) is 0 Å². The molecule has 2 unspecified atom stereocenters. The van der Waals surface area contributed by atoms with Crippen molar-refractivity contribution in [3.63, 3.8) is 0 Å². The van der Waals surface area contributed by atoms with Gasteiger partial charge in [-0.15, -0.1) is 5.73 Å². The van der Waals surface area contributed by atoms with E-state index >= 15 is 0 Å². The molecule has 2 aliphatic rings. The van der Waals surface area contributed by atoms with Gasteiger partial charge in [0.15, 0.2) is 0 Å². The highest BCUT2D eigenvalue weighted by molar-refractivity contribution is 5.82. The highest BCUT2D eigenvalue weighted by atomic mass is 14.5. The average Bonchev–Trinajstić information content (AvgIpc) is 3.14. The van der Waals surface area contributed by atoms with E-state index in [1.807, 2.05) is 33.8 Å². The molecular weight excluding hydrogens is 492 g/mol. The van der Waals surface area contributed by atoms with E-state index in [1.54, 1.807) is 0 Å². The highest BCUT2D eigenvalue weighted by Crippen LogP contribution is 2.54. The predicted octanol–water partition coefficient (Wildman–Crippen LogP) is 12.3. The maximum atomic E-state index is 3.25. The first kappa shape index (κ1) is 33.9. The summed E-state index contributed by atoms with van der Waals surface area (Å²) in [4.78, 5) is 0. The van der Waals surface area contributed by atoms with E-state index < -0.39 is 0 Å². The normalized spacial score (nSPS) is 16.5. The molecular formula is C41H54. The van der Waals surface area contributed by atoms with Crippen molar-refractivity contribution in [1.29, 1.82) is 0 Å². The number of rotatable bonds is 9. The summed E-state index contributed by atoms with van der Waals surface area (Å²) in [6.45, 7) is 14.9. The van der Waals surface area contributed by atoms with Gasteiger partial charge in [-0.25, -0.2) is 0 Å². The van der Waals surface area contributed by atoms with Crippen LogP contribution in [0.15, 0.2) is 108 Å². The molecule has 0 radical (unpaired) electrons. The summed E-state index contributed by atoms with van der Waals surface area (Å²) < 4.78 is 0. The monoisotopic (exact) mass is 546 g/mol. The van der Waals surface area contributed by atoms with Crippen molar-refractivity contribution >= 4 is 0 Å². The van der Waals surface area contributed by atoms with Gasteiger partial charge in [-0.05, 0) is 94.7 Å². The maximum Gasteiger partial charge on any atom is 0.0295 e. The molecule has 218 valence electrons. The Hall–Kier alpha value is -3.34. The Morgan fingerprint density at radius 1 is 0.756 bits per heavy atom. The number of unbranched alkanes of at least 4 members (excludes halogenated alkanes) is 1. The van der Waals surface area contributed by atoms with Crippen LogP contribution in [0.1, 0.15) is 115 Å². The molecule has 3 aromatic rings. The number of aryl methyl sites for hydroxylation is 1. The Balaban J connectivity index is 0.00000113. The van der Waals surface area contributed by atoms with Crippen LogP contribution in [-0.4, -0.2) is 0 Å². The first-order chi connectivity index (χ1) is 19.6. The van der Waals surface area contributed by atoms with Crippen molar-refractivity contribution in [3.05, 3.63) is 136 Å². The fraction of sp³-hybridized carbons (Fsp3) is 0.390. The van der Waals surface area contributed by atoms with Crippen LogP contribution in [0.3, 0.4) is 0 Å². The SMILES string of the molecule is C.CC.CC.CCCCc1ccc2c(c1)C(CC1=CC=C=CC=C1)(Cc1ccccc1)c1cc(C(C)CC)ccc1-2. The number of allylic oxidation sites excluding steroid dienone is 5. The molecule has 0 amide bonds. The standard InChI is InChI=1S/C36H38.2C2H6.CH4/c1-4-6-14-28-19-21-32-33-22-20-31(27(3)5-2)24-35(33)36(34(32)23-28,26-30-17-12-9-13-18-30)25-29-15-10-7-8-11-16-29;2*1-2;/h7,9-13,15-24,27H,4-6,14,25-26H2,1-3H3;2*1-2H3;1H4. The molecule has 5 rings (SSSR count). The van der Waals surface area contributed by atoms with E-state index in [0.29, 0.717) is 5.92 Å². The molecule has 0 bridgehead atoms. The zero-order valence-electron chi connectivity index (χ0n) is 26.1. The Bertz CT molecular complexity index is 1340. The van der Waals surface area contributed by atoms with Crippen LogP contribution in [-0.2, 0) is 18.3 Å². The molecule has 0 fully saturated rings. The second-order valence-corrected chi connectivity index (χ2v) is 10.6. The van der Waals surface area contributed by atoms with Crippen molar-refractivity contribution in [2.45, 2.75) is 106 Å². The van der Waals surface area contributed by atoms with Crippen molar-refractivity contribution in [2.24, 2.45) is 0 Å². The minimum Gasteiger partial charge on any atom is -0.121 e. The molecule has 2 aliphatic carbocycles. The molecule has 0 heterocycles. The third kappa shape index (κ3) is 7.69. The Labute approximate surface area is 252 Å². The summed E-state index contributed by atoms with van der Waals surface area (Å²) in [6.07, 6.45) is 17.5. The summed E-state index contributed by atoms with van der Waals surface area (Å²) >= 11 is 0. The molecule has 0 spiro atoms. The van der Waals surface area contributed by atoms with Crippen LogP contribution in [0.5, 0.6) is 0 Å². The lowest BCUT2D eigenvalue weighted by molar-refractivity contribution is 0.520. The first-order valence-electron chi connectivity index (χ1n) is 15.7. The molecule has 0 saturated heterocycles. The van der Waals surface area contributed by atoms with Crippen LogP contribution in [0.4, 0.5) is 0 Å². The summed E-state index contributed by atoms with van der Waals surface area (Å²) in [5.41, 5.74) is 14.7. The van der Waals surface area contributed by atoms with Gasteiger partial charge < -0.3 is 0 Å².